The van der Waals surface area contributed by atoms with E-state index in [1.54, 1.807) is 0 Å². The summed E-state index contributed by atoms with van der Waals surface area (Å²) in [5, 5.41) is 3.55. The van der Waals surface area contributed by atoms with Crippen LogP contribution in [-0.4, -0.2) is 28.7 Å². The van der Waals surface area contributed by atoms with Gasteiger partial charge in [0, 0.05) is 6.61 Å². The molecule has 1 aliphatic rings. The SMILES string of the molecule is CC(C(=O)C(F)(F)F)c1nc(C2CCCO2)no1. The molecule has 0 bridgehead atoms. The topological polar surface area (TPSA) is 65.2 Å². The molecular formula is C10H11F3N2O3. The molecule has 0 saturated carbocycles. The average molecular weight is 264 g/mol. The minimum Gasteiger partial charge on any atom is -0.370 e. The molecule has 1 fully saturated rings. The van der Waals surface area contributed by atoms with Crippen LogP contribution < -0.4 is 0 Å². The van der Waals surface area contributed by atoms with Crippen molar-refractivity contribution in [1.82, 2.24) is 10.1 Å². The largest absolute Gasteiger partial charge is 0.450 e. The Balaban J connectivity index is 2.12. The molecule has 1 aromatic heterocycles. The Kier molecular flexibility index (Phi) is 3.38. The zero-order chi connectivity index (χ0) is 13.3. The second-order valence-corrected chi connectivity index (χ2v) is 4.08. The number of ether oxygens (including phenoxy) is 1. The van der Waals surface area contributed by atoms with Crippen molar-refractivity contribution in [2.45, 2.75) is 38.0 Å². The summed E-state index contributed by atoms with van der Waals surface area (Å²) in [5.74, 6) is -3.52. The lowest BCUT2D eigenvalue weighted by atomic mass is 10.1. The zero-order valence-electron chi connectivity index (χ0n) is 9.53. The van der Waals surface area contributed by atoms with Crippen LogP contribution in [0.5, 0.6) is 0 Å². The first-order chi connectivity index (χ1) is 8.39. The number of Topliss-reactive ketones (excluding diaryl/α,β-unsaturated/α-hetero) is 1. The highest BCUT2D eigenvalue weighted by Gasteiger charge is 2.44. The Labute approximate surface area is 100 Å². The fraction of sp³-hybridized carbons (Fsp3) is 0.700. The number of halogens is 3. The zero-order valence-corrected chi connectivity index (χ0v) is 9.53. The van der Waals surface area contributed by atoms with Gasteiger partial charge in [-0.3, -0.25) is 4.79 Å². The molecule has 0 radical (unpaired) electrons. The number of nitrogens with zero attached hydrogens (tertiary/aromatic N) is 2. The Morgan fingerprint density at radius 1 is 1.50 bits per heavy atom. The number of hydrogen-bond donors (Lipinski definition) is 0. The smallest absolute Gasteiger partial charge is 0.370 e. The van der Waals surface area contributed by atoms with Crippen molar-refractivity contribution in [2.75, 3.05) is 6.61 Å². The third-order valence-corrected chi connectivity index (χ3v) is 2.72. The minimum atomic E-state index is -4.90. The van der Waals surface area contributed by atoms with Gasteiger partial charge in [0.1, 0.15) is 12.0 Å². The van der Waals surface area contributed by atoms with Crippen molar-refractivity contribution in [3.63, 3.8) is 0 Å². The quantitative estimate of drug-likeness (QED) is 0.836. The second-order valence-electron chi connectivity index (χ2n) is 4.08. The van der Waals surface area contributed by atoms with Crippen LogP contribution in [0.4, 0.5) is 13.2 Å². The maximum absolute atomic E-state index is 12.2. The monoisotopic (exact) mass is 264 g/mol. The van der Waals surface area contributed by atoms with Crippen LogP contribution in [0.3, 0.4) is 0 Å². The normalized spacial score (nSPS) is 22.1. The van der Waals surface area contributed by atoms with Gasteiger partial charge in [-0.15, -0.1) is 0 Å². The number of carbonyl (C=O) groups is 1. The molecule has 1 aliphatic heterocycles. The molecule has 1 saturated heterocycles. The molecule has 2 atom stereocenters. The van der Waals surface area contributed by atoms with Gasteiger partial charge >= 0.3 is 6.18 Å². The number of hydrogen-bond acceptors (Lipinski definition) is 5. The summed E-state index contributed by atoms with van der Waals surface area (Å²) in [6.07, 6.45) is -3.72. The van der Waals surface area contributed by atoms with E-state index < -0.39 is 17.9 Å². The number of carbonyl (C=O) groups excluding carboxylic acids is 1. The van der Waals surface area contributed by atoms with Gasteiger partial charge in [-0.25, -0.2) is 0 Å². The molecule has 0 aliphatic carbocycles. The summed E-state index contributed by atoms with van der Waals surface area (Å²) in [4.78, 5) is 14.8. The lowest BCUT2D eigenvalue weighted by molar-refractivity contribution is -0.172. The van der Waals surface area contributed by atoms with Gasteiger partial charge in [0.15, 0.2) is 0 Å². The molecule has 100 valence electrons. The third-order valence-electron chi connectivity index (χ3n) is 2.72. The van der Waals surface area contributed by atoms with Crippen molar-refractivity contribution in [3.8, 4) is 0 Å². The minimum absolute atomic E-state index is 0.198. The standard InChI is InChI=1S/C10H11F3N2O3/c1-5(7(16)10(11,12)13)9-14-8(15-18-9)6-3-2-4-17-6/h5-6H,2-4H2,1H3. The summed E-state index contributed by atoms with van der Waals surface area (Å²) in [7, 11) is 0. The molecule has 0 N–H and O–H groups in total. The first-order valence-electron chi connectivity index (χ1n) is 5.45. The van der Waals surface area contributed by atoms with E-state index >= 15 is 0 Å². The molecular weight excluding hydrogens is 253 g/mol. The maximum atomic E-state index is 12.2. The van der Waals surface area contributed by atoms with E-state index in [0.29, 0.717) is 13.0 Å². The highest BCUT2D eigenvalue weighted by molar-refractivity contribution is 5.89. The number of alkyl halides is 3. The fourth-order valence-electron chi connectivity index (χ4n) is 1.69. The van der Waals surface area contributed by atoms with Gasteiger partial charge in [-0.1, -0.05) is 5.16 Å². The summed E-state index contributed by atoms with van der Waals surface area (Å²) < 4.78 is 46.6. The van der Waals surface area contributed by atoms with E-state index in [1.165, 1.54) is 0 Å². The molecule has 0 spiro atoms. The van der Waals surface area contributed by atoms with Crippen molar-refractivity contribution in [1.29, 1.82) is 0 Å². The van der Waals surface area contributed by atoms with Gasteiger partial charge < -0.3 is 9.26 Å². The predicted octanol–water partition coefficient (Wildman–Crippen LogP) is 2.16. The second kappa shape index (κ2) is 4.68. The summed E-state index contributed by atoms with van der Waals surface area (Å²) in [6, 6.07) is 0. The van der Waals surface area contributed by atoms with E-state index in [2.05, 4.69) is 10.1 Å². The van der Waals surface area contributed by atoms with E-state index in [4.69, 9.17) is 9.26 Å². The van der Waals surface area contributed by atoms with Crippen LogP contribution in [0, 0.1) is 0 Å². The highest BCUT2D eigenvalue weighted by Crippen LogP contribution is 2.30. The summed E-state index contributed by atoms with van der Waals surface area (Å²) in [6.45, 7) is 1.65. The number of aromatic nitrogens is 2. The lowest BCUT2D eigenvalue weighted by Gasteiger charge is -2.08. The highest BCUT2D eigenvalue weighted by atomic mass is 19.4. The van der Waals surface area contributed by atoms with Crippen molar-refractivity contribution < 1.29 is 27.2 Å². The van der Waals surface area contributed by atoms with Gasteiger partial charge in [0.05, 0.1) is 0 Å². The fourth-order valence-corrected chi connectivity index (χ4v) is 1.69. The van der Waals surface area contributed by atoms with Crippen LogP contribution in [0.1, 0.15) is 43.5 Å². The van der Waals surface area contributed by atoms with E-state index in [-0.39, 0.29) is 17.8 Å². The first kappa shape index (κ1) is 13.0. The van der Waals surface area contributed by atoms with Crippen LogP contribution in [-0.2, 0) is 9.53 Å². The van der Waals surface area contributed by atoms with Crippen molar-refractivity contribution in [2.24, 2.45) is 0 Å². The van der Waals surface area contributed by atoms with Crippen LogP contribution in [0.25, 0.3) is 0 Å². The van der Waals surface area contributed by atoms with Crippen molar-refractivity contribution in [3.05, 3.63) is 11.7 Å². The van der Waals surface area contributed by atoms with Crippen molar-refractivity contribution >= 4 is 5.78 Å². The third kappa shape index (κ3) is 2.53. The molecule has 0 amide bonds. The van der Waals surface area contributed by atoms with Crippen LogP contribution in [0.15, 0.2) is 4.52 Å². The number of ketones is 1. The van der Waals surface area contributed by atoms with E-state index in [0.717, 1.165) is 13.3 Å². The van der Waals surface area contributed by atoms with Gasteiger partial charge in [-0.05, 0) is 19.8 Å². The Bertz CT molecular complexity index is 438. The van der Waals surface area contributed by atoms with Gasteiger partial charge in [0.2, 0.25) is 17.5 Å². The lowest BCUT2D eigenvalue weighted by Crippen LogP contribution is -2.27. The molecule has 2 heterocycles. The molecule has 5 nitrogen and oxygen atoms in total. The van der Waals surface area contributed by atoms with Crippen LogP contribution >= 0.6 is 0 Å². The molecule has 0 aromatic carbocycles. The maximum Gasteiger partial charge on any atom is 0.450 e. The summed E-state index contributed by atoms with van der Waals surface area (Å²) >= 11 is 0. The molecule has 1 aromatic rings. The van der Waals surface area contributed by atoms with E-state index in [1.807, 2.05) is 0 Å². The molecule has 18 heavy (non-hydrogen) atoms. The number of rotatable bonds is 3. The average Bonchev–Trinajstić information content (AvgIpc) is 2.95. The first-order valence-corrected chi connectivity index (χ1v) is 5.45. The van der Waals surface area contributed by atoms with E-state index in [9.17, 15) is 18.0 Å². The Morgan fingerprint density at radius 3 is 2.78 bits per heavy atom. The van der Waals surface area contributed by atoms with Gasteiger partial charge in [-0.2, -0.15) is 18.2 Å². The van der Waals surface area contributed by atoms with Crippen LogP contribution in [0.2, 0.25) is 0 Å². The van der Waals surface area contributed by atoms with Gasteiger partial charge in [0.25, 0.3) is 0 Å². The predicted molar refractivity (Wildman–Crippen MR) is 51.7 cm³/mol. The molecule has 2 unspecified atom stereocenters. The Hall–Kier alpha value is -1.44. The Morgan fingerprint density at radius 2 is 2.22 bits per heavy atom. The molecule has 2 rings (SSSR count). The molecule has 8 heteroatoms. The summed E-state index contributed by atoms with van der Waals surface area (Å²) in [5.41, 5.74) is 0.